The van der Waals surface area contributed by atoms with Crippen molar-refractivity contribution in [1.29, 1.82) is 0 Å². The standard InChI is InChI=1S/C21H21N3O6/c1-13-18(20(27)24(23(13)2)14-8-5-4-6-9-14)22-17(25)12-30-21(28)15-10-7-11-16(29-3)19(15)26/h4-11,26H,12H2,1-3H3,(H,22,25). The predicted molar refractivity (Wildman–Crippen MR) is 109 cm³/mol. The molecule has 0 saturated heterocycles. The number of para-hydroxylation sites is 2. The average molecular weight is 411 g/mol. The van der Waals surface area contributed by atoms with E-state index in [2.05, 4.69) is 5.32 Å². The van der Waals surface area contributed by atoms with Crippen LogP contribution >= 0.6 is 0 Å². The van der Waals surface area contributed by atoms with Crippen molar-refractivity contribution in [2.75, 3.05) is 19.0 Å². The fourth-order valence-electron chi connectivity index (χ4n) is 2.95. The molecule has 0 aliphatic rings. The minimum absolute atomic E-state index is 0.0895. The number of amides is 1. The molecule has 3 rings (SSSR count). The fraction of sp³-hybridized carbons (Fsp3) is 0.190. The van der Waals surface area contributed by atoms with Crippen LogP contribution in [0, 0.1) is 6.92 Å². The lowest BCUT2D eigenvalue weighted by molar-refractivity contribution is -0.119. The number of anilines is 1. The van der Waals surface area contributed by atoms with Crippen LogP contribution in [0.15, 0.2) is 53.3 Å². The third kappa shape index (κ3) is 3.90. The Hall–Kier alpha value is -4.01. The van der Waals surface area contributed by atoms with Gasteiger partial charge in [-0.05, 0) is 31.2 Å². The molecule has 0 unspecified atom stereocenters. The van der Waals surface area contributed by atoms with E-state index < -0.39 is 24.0 Å². The van der Waals surface area contributed by atoms with Gasteiger partial charge in [0.15, 0.2) is 18.1 Å². The van der Waals surface area contributed by atoms with Gasteiger partial charge in [0.2, 0.25) is 0 Å². The predicted octanol–water partition coefficient (Wildman–Crippen LogP) is 1.99. The van der Waals surface area contributed by atoms with Crippen LogP contribution in [0.5, 0.6) is 11.5 Å². The highest BCUT2D eigenvalue weighted by molar-refractivity contribution is 5.97. The first kappa shape index (κ1) is 20.7. The molecule has 1 heterocycles. The van der Waals surface area contributed by atoms with Crippen LogP contribution in [-0.4, -0.2) is 40.1 Å². The topological polar surface area (TPSA) is 112 Å². The zero-order valence-corrected chi connectivity index (χ0v) is 16.7. The van der Waals surface area contributed by atoms with Crippen molar-refractivity contribution < 1.29 is 24.2 Å². The Kier molecular flexibility index (Phi) is 5.91. The van der Waals surface area contributed by atoms with Gasteiger partial charge in [0, 0.05) is 7.05 Å². The number of nitrogens with zero attached hydrogens (tertiary/aromatic N) is 2. The number of nitrogens with one attached hydrogen (secondary N) is 1. The first-order valence-electron chi connectivity index (χ1n) is 9.02. The normalized spacial score (nSPS) is 10.5. The van der Waals surface area contributed by atoms with Gasteiger partial charge in [-0.1, -0.05) is 24.3 Å². The molecule has 0 aliphatic carbocycles. The number of methoxy groups -OCH3 is 1. The quantitative estimate of drug-likeness (QED) is 0.600. The molecule has 0 spiro atoms. The van der Waals surface area contributed by atoms with E-state index in [9.17, 15) is 19.5 Å². The van der Waals surface area contributed by atoms with Gasteiger partial charge in [-0.3, -0.25) is 14.3 Å². The molecular weight excluding hydrogens is 390 g/mol. The Morgan fingerprint density at radius 2 is 1.80 bits per heavy atom. The monoisotopic (exact) mass is 411 g/mol. The fourth-order valence-corrected chi connectivity index (χ4v) is 2.95. The molecular formula is C21H21N3O6. The number of hydrogen-bond acceptors (Lipinski definition) is 6. The first-order chi connectivity index (χ1) is 14.3. The number of benzene rings is 2. The molecule has 2 aromatic carbocycles. The van der Waals surface area contributed by atoms with Crippen LogP contribution in [0.1, 0.15) is 16.1 Å². The van der Waals surface area contributed by atoms with E-state index in [1.165, 1.54) is 30.0 Å². The van der Waals surface area contributed by atoms with Gasteiger partial charge in [0.05, 0.1) is 18.5 Å². The highest BCUT2D eigenvalue weighted by Gasteiger charge is 2.20. The van der Waals surface area contributed by atoms with E-state index in [-0.39, 0.29) is 22.7 Å². The average Bonchev–Trinajstić information content (AvgIpc) is 2.96. The lowest BCUT2D eigenvalue weighted by Gasteiger charge is -2.09. The summed E-state index contributed by atoms with van der Waals surface area (Å²) in [5, 5.41) is 12.5. The van der Waals surface area contributed by atoms with Gasteiger partial charge >= 0.3 is 5.97 Å². The van der Waals surface area contributed by atoms with Crippen molar-refractivity contribution in [3.05, 3.63) is 70.1 Å². The molecule has 3 aromatic rings. The Morgan fingerprint density at radius 3 is 2.47 bits per heavy atom. The highest BCUT2D eigenvalue weighted by atomic mass is 16.5. The molecule has 0 atom stereocenters. The Morgan fingerprint density at radius 1 is 1.10 bits per heavy atom. The van der Waals surface area contributed by atoms with Crippen molar-refractivity contribution >= 4 is 17.6 Å². The summed E-state index contributed by atoms with van der Waals surface area (Å²) in [4.78, 5) is 37.3. The summed E-state index contributed by atoms with van der Waals surface area (Å²) < 4.78 is 12.9. The van der Waals surface area contributed by atoms with E-state index in [0.717, 1.165) is 0 Å². The van der Waals surface area contributed by atoms with E-state index in [1.807, 2.05) is 6.07 Å². The maximum absolute atomic E-state index is 12.8. The summed E-state index contributed by atoms with van der Waals surface area (Å²) in [6, 6.07) is 13.3. The zero-order valence-electron chi connectivity index (χ0n) is 16.7. The van der Waals surface area contributed by atoms with Gasteiger partial charge in [0.25, 0.3) is 11.5 Å². The number of carbonyl (C=O) groups is 2. The molecule has 30 heavy (non-hydrogen) atoms. The molecule has 0 radical (unpaired) electrons. The van der Waals surface area contributed by atoms with Crippen molar-refractivity contribution in [2.45, 2.75) is 6.92 Å². The second-order valence-electron chi connectivity index (χ2n) is 6.42. The van der Waals surface area contributed by atoms with Gasteiger partial charge in [-0.2, -0.15) is 0 Å². The number of carbonyl (C=O) groups excluding carboxylic acids is 2. The van der Waals surface area contributed by atoms with Crippen molar-refractivity contribution in [3.8, 4) is 17.2 Å². The minimum Gasteiger partial charge on any atom is -0.504 e. The molecule has 0 fully saturated rings. The largest absolute Gasteiger partial charge is 0.504 e. The maximum atomic E-state index is 12.8. The Balaban J connectivity index is 1.73. The third-order valence-electron chi connectivity index (χ3n) is 4.59. The molecule has 2 N–H and O–H groups in total. The van der Waals surface area contributed by atoms with E-state index in [1.54, 1.807) is 42.9 Å². The van der Waals surface area contributed by atoms with Crippen molar-refractivity contribution in [2.24, 2.45) is 7.05 Å². The van der Waals surface area contributed by atoms with Crippen molar-refractivity contribution in [3.63, 3.8) is 0 Å². The van der Waals surface area contributed by atoms with E-state index in [4.69, 9.17) is 9.47 Å². The van der Waals surface area contributed by atoms with Gasteiger partial charge in [-0.15, -0.1) is 0 Å². The van der Waals surface area contributed by atoms with Gasteiger partial charge in [-0.25, -0.2) is 9.48 Å². The van der Waals surface area contributed by atoms with Crippen LogP contribution in [-0.2, 0) is 16.6 Å². The lowest BCUT2D eigenvalue weighted by atomic mass is 10.2. The molecule has 9 nitrogen and oxygen atoms in total. The summed E-state index contributed by atoms with van der Waals surface area (Å²) in [7, 11) is 3.05. The Labute approximate surface area is 172 Å². The zero-order chi connectivity index (χ0) is 21.8. The minimum atomic E-state index is -0.895. The van der Waals surface area contributed by atoms with E-state index >= 15 is 0 Å². The van der Waals surface area contributed by atoms with Crippen LogP contribution in [0.3, 0.4) is 0 Å². The molecule has 9 heteroatoms. The lowest BCUT2D eigenvalue weighted by Crippen LogP contribution is -2.25. The second-order valence-corrected chi connectivity index (χ2v) is 6.42. The molecule has 1 aromatic heterocycles. The third-order valence-corrected chi connectivity index (χ3v) is 4.59. The number of aromatic hydroxyl groups is 1. The molecule has 0 bridgehead atoms. The van der Waals surface area contributed by atoms with Crippen LogP contribution in [0.4, 0.5) is 5.69 Å². The van der Waals surface area contributed by atoms with E-state index in [0.29, 0.717) is 11.4 Å². The first-order valence-corrected chi connectivity index (χ1v) is 9.02. The second kappa shape index (κ2) is 8.56. The molecule has 0 saturated carbocycles. The molecule has 1 amide bonds. The Bertz CT molecular complexity index is 1150. The SMILES string of the molecule is COc1cccc(C(=O)OCC(=O)Nc2c(C)n(C)n(-c3ccccc3)c2=O)c1O. The summed E-state index contributed by atoms with van der Waals surface area (Å²) >= 11 is 0. The summed E-state index contributed by atoms with van der Waals surface area (Å²) in [5.74, 6) is -1.85. The van der Waals surface area contributed by atoms with Gasteiger partial charge < -0.3 is 19.9 Å². The van der Waals surface area contributed by atoms with Crippen LogP contribution in [0.2, 0.25) is 0 Å². The van der Waals surface area contributed by atoms with Crippen LogP contribution in [0.25, 0.3) is 5.69 Å². The summed E-state index contributed by atoms with van der Waals surface area (Å²) in [6.07, 6.45) is 0. The summed E-state index contributed by atoms with van der Waals surface area (Å²) in [6.45, 7) is 1.06. The highest BCUT2D eigenvalue weighted by Crippen LogP contribution is 2.29. The van der Waals surface area contributed by atoms with Crippen molar-refractivity contribution in [1.82, 2.24) is 9.36 Å². The van der Waals surface area contributed by atoms with Crippen LogP contribution < -0.4 is 15.6 Å². The number of phenolic OH excluding ortho intramolecular Hbond substituents is 1. The number of rotatable bonds is 6. The number of aromatic nitrogens is 2. The molecule has 0 aliphatic heterocycles. The van der Waals surface area contributed by atoms with Gasteiger partial charge in [0.1, 0.15) is 11.3 Å². The summed E-state index contributed by atoms with van der Waals surface area (Å²) in [5.41, 5.74) is 0.727. The smallest absolute Gasteiger partial charge is 0.342 e. The number of phenols is 1. The molecule has 156 valence electrons. The maximum Gasteiger partial charge on any atom is 0.342 e. The number of ether oxygens (including phenoxy) is 2. The number of hydrogen-bond donors (Lipinski definition) is 2. The number of esters is 1.